The summed E-state index contributed by atoms with van der Waals surface area (Å²) in [5.74, 6) is 0.634. The maximum absolute atomic E-state index is 11.4. The van der Waals surface area contributed by atoms with Gasteiger partial charge in [0.1, 0.15) is 0 Å². The number of carbonyl (C=O) groups excluding carboxylic acids is 1. The minimum atomic E-state index is -0.355. The van der Waals surface area contributed by atoms with Crippen LogP contribution in [0.15, 0.2) is 23.1 Å². The van der Waals surface area contributed by atoms with Gasteiger partial charge in [-0.05, 0) is 31.3 Å². The van der Waals surface area contributed by atoms with Crippen LogP contribution in [-0.2, 0) is 4.74 Å². The highest BCUT2D eigenvalue weighted by Crippen LogP contribution is 2.26. The molecular weight excluding hydrogens is 260 g/mol. The van der Waals surface area contributed by atoms with Crippen LogP contribution in [0, 0.1) is 0 Å². The van der Waals surface area contributed by atoms with E-state index in [1.165, 1.54) is 7.11 Å². The number of ether oxygens (including phenoxy) is 1. The van der Waals surface area contributed by atoms with Crippen LogP contribution in [-0.4, -0.2) is 43.4 Å². The second kappa shape index (κ2) is 8.07. The van der Waals surface area contributed by atoms with Crippen LogP contribution in [0.5, 0.6) is 0 Å². The maximum atomic E-state index is 11.4. The number of nitrogen functional groups attached to an aromatic ring is 1. The molecule has 0 atom stereocenters. The van der Waals surface area contributed by atoms with Crippen LogP contribution in [0.25, 0.3) is 0 Å². The Kier molecular flexibility index (Phi) is 6.73. The van der Waals surface area contributed by atoms with Gasteiger partial charge in [-0.2, -0.15) is 0 Å². The monoisotopic (exact) mass is 282 g/mol. The fourth-order valence-corrected chi connectivity index (χ4v) is 2.71. The quantitative estimate of drug-likeness (QED) is 0.473. The molecule has 4 nitrogen and oxygen atoms in total. The fourth-order valence-electron chi connectivity index (χ4n) is 1.75. The second-order valence-corrected chi connectivity index (χ2v) is 5.26. The van der Waals surface area contributed by atoms with Gasteiger partial charge < -0.3 is 15.4 Å². The molecule has 19 heavy (non-hydrogen) atoms. The van der Waals surface area contributed by atoms with Crippen molar-refractivity contribution in [3.05, 3.63) is 23.8 Å². The van der Waals surface area contributed by atoms with E-state index < -0.39 is 0 Å². The maximum Gasteiger partial charge on any atom is 0.337 e. The molecule has 0 saturated heterocycles. The molecule has 0 saturated carbocycles. The zero-order chi connectivity index (χ0) is 14.3. The van der Waals surface area contributed by atoms with E-state index in [-0.39, 0.29) is 5.97 Å². The Balaban J connectivity index is 2.58. The number of carbonyl (C=O) groups is 1. The van der Waals surface area contributed by atoms with E-state index in [4.69, 9.17) is 5.73 Å². The molecule has 0 radical (unpaired) electrons. The number of nitrogens with two attached hydrogens (primary N) is 1. The SMILES string of the molecule is CCN(CC)CCSc1ccc(C(=O)OC)cc1N. The van der Waals surface area contributed by atoms with E-state index in [1.807, 2.05) is 6.07 Å². The van der Waals surface area contributed by atoms with Gasteiger partial charge in [-0.1, -0.05) is 13.8 Å². The van der Waals surface area contributed by atoms with Crippen LogP contribution >= 0.6 is 11.8 Å². The summed E-state index contributed by atoms with van der Waals surface area (Å²) in [5.41, 5.74) is 7.08. The van der Waals surface area contributed by atoms with Gasteiger partial charge >= 0.3 is 5.97 Å². The van der Waals surface area contributed by atoms with E-state index in [0.29, 0.717) is 11.3 Å². The molecule has 0 aliphatic carbocycles. The molecule has 0 aliphatic heterocycles. The van der Waals surface area contributed by atoms with Crippen molar-refractivity contribution in [2.75, 3.05) is 38.2 Å². The highest BCUT2D eigenvalue weighted by atomic mass is 32.2. The summed E-state index contributed by atoms with van der Waals surface area (Å²) in [5, 5.41) is 0. The van der Waals surface area contributed by atoms with Crippen LogP contribution in [0.3, 0.4) is 0 Å². The molecular formula is C14H22N2O2S. The third-order valence-electron chi connectivity index (χ3n) is 2.99. The summed E-state index contributed by atoms with van der Waals surface area (Å²) < 4.78 is 4.66. The standard InChI is InChI=1S/C14H22N2O2S/c1-4-16(5-2)8-9-19-13-7-6-11(10-12(13)15)14(17)18-3/h6-7,10H,4-5,8-9,15H2,1-3H3. The van der Waals surface area contributed by atoms with E-state index >= 15 is 0 Å². The first-order valence-electron chi connectivity index (χ1n) is 6.45. The molecule has 2 N–H and O–H groups in total. The summed E-state index contributed by atoms with van der Waals surface area (Å²) in [6.07, 6.45) is 0. The first kappa shape index (κ1) is 15.9. The van der Waals surface area contributed by atoms with Gasteiger partial charge in [0, 0.05) is 22.9 Å². The number of esters is 1. The Morgan fingerprint density at radius 2 is 2.05 bits per heavy atom. The number of benzene rings is 1. The molecule has 0 bridgehead atoms. The van der Waals surface area contributed by atoms with Crippen LogP contribution in [0.2, 0.25) is 0 Å². The summed E-state index contributed by atoms with van der Waals surface area (Å²) in [6.45, 7) is 7.48. The van der Waals surface area contributed by atoms with Gasteiger partial charge in [0.2, 0.25) is 0 Å². The molecule has 0 aliphatic rings. The first-order valence-corrected chi connectivity index (χ1v) is 7.43. The first-order chi connectivity index (χ1) is 9.12. The van der Waals surface area contributed by atoms with Crippen LogP contribution in [0.4, 0.5) is 5.69 Å². The van der Waals surface area contributed by atoms with E-state index in [2.05, 4.69) is 23.5 Å². The zero-order valence-corrected chi connectivity index (χ0v) is 12.6. The molecule has 1 aromatic rings. The van der Waals surface area contributed by atoms with E-state index in [1.54, 1.807) is 23.9 Å². The topological polar surface area (TPSA) is 55.6 Å². The fraction of sp³-hybridized carbons (Fsp3) is 0.500. The lowest BCUT2D eigenvalue weighted by molar-refractivity contribution is 0.0600. The van der Waals surface area contributed by atoms with Crippen molar-refractivity contribution in [1.29, 1.82) is 0 Å². The molecule has 0 fully saturated rings. The Hall–Kier alpha value is -1.20. The van der Waals surface area contributed by atoms with Gasteiger partial charge in [0.05, 0.1) is 12.7 Å². The third kappa shape index (κ3) is 4.76. The summed E-state index contributed by atoms with van der Waals surface area (Å²) in [4.78, 5) is 14.7. The molecule has 0 unspecified atom stereocenters. The Bertz CT molecular complexity index is 420. The third-order valence-corrected chi connectivity index (χ3v) is 4.06. The van der Waals surface area contributed by atoms with Crippen molar-refractivity contribution in [1.82, 2.24) is 4.90 Å². The number of thioether (sulfide) groups is 1. The van der Waals surface area contributed by atoms with E-state index in [9.17, 15) is 4.79 Å². The predicted molar refractivity (Wildman–Crippen MR) is 80.7 cm³/mol. The zero-order valence-electron chi connectivity index (χ0n) is 11.8. The minimum Gasteiger partial charge on any atom is -0.465 e. The van der Waals surface area contributed by atoms with Crippen LogP contribution in [0.1, 0.15) is 24.2 Å². The lowest BCUT2D eigenvalue weighted by atomic mass is 10.2. The lowest BCUT2D eigenvalue weighted by Gasteiger charge is -2.17. The normalized spacial score (nSPS) is 10.7. The highest BCUT2D eigenvalue weighted by molar-refractivity contribution is 7.99. The van der Waals surface area contributed by atoms with Crippen LogP contribution < -0.4 is 5.73 Å². The number of nitrogens with zero attached hydrogens (tertiary/aromatic N) is 1. The second-order valence-electron chi connectivity index (χ2n) is 4.12. The molecule has 1 rings (SSSR count). The van der Waals surface area contributed by atoms with Gasteiger partial charge in [-0.25, -0.2) is 4.79 Å². The average molecular weight is 282 g/mol. The summed E-state index contributed by atoms with van der Waals surface area (Å²) in [6, 6.07) is 5.31. The van der Waals surface area contributed by atoms with Crippen molar-refractivity contribution in [3.8, 4) is 0 Å². The molecule has 5 heteroatoms. The molecule has 0 heterocycles. The Labute approximate surface area is 119 Å². The molecule has 106 valence electrons. The van der Waals surface area contributed by atoms with Gasteiger partial charge in [0.25, 0.3) is 0 Å². The van der Waals surface area contributed by atoms with Gasteiger partial charge in [-0.15, -0.1) is 11.8 Å². The van der Waals surface area contributed by atoms with Crippen molar-refractivity contribution in [2.45, 2.75) is 18.7 Å². The largest absolute Gasteiger partial charge is 0.465 e. The molecule has 0 amide bonds. The Morgan fingerprint density at radius 3 is 2.58 bits per heavy atom. The minimum absolute atomic E-state index is 0.355. The number of anilines is 1. The molecule has 0 spiro atoms. The van der Waals surface area contributed by atoms with Crippen molar-refractivity contribution in [2.24, 2.45) is 0 Å². The summed E-state index contributed by atoms with van der Waals surface area (Å²) in [7, 11) is 1.37. The predicted octanol–water partition coefficient (Wildman–Crippen LogP) is 2.49. The lowest BCUT2D eigenvalue weighted by Crippen LogP contribution is -2.25. The Morgan fingerprint density at radius 1 is 1.37 bits per heavy atom. The molecule has 1 aromatic carbocycles. The smallest absolute Gasteiger partial charge is 0.337 e. The number of hydrogen-bond donors (Lipinski definition) is 1. The highest BCUT2D eigenvalue weighted by Gasteiger charge is 2.08. The van der Waals surface area contributed by atoms with Crippen molar-refractivity contribution in [3.63, 3.8) is 0 Å². The number of methoxy groups -OCH3 is 1. The number of hydrogen-bond acceptors (Lipinski definition) is 5. The number of rotatable bonds is 7. The van der Waals surface area contributed by atoms with Gasteiger partial charge in [0.15, 0.2) is 0 Å². The van der Waals surface area contributed by atoms with Crippen molar-refractivity contribution >= 4 is 23.4 Å². The molecule has 0 aromatic heterocycles. The van der Waals surface area contributed by atoms with Crippen molar-refractivity contribution < 1.29 is 9.53 Å². The summed E-state index contributed by atoms with van der Waals surface area (Å²) >= 11 is 1.72. The van der Waals surface area contributed by atoms with E-state index in [0.717, 1.165) is 30.3 Å². The average Bonchev–Trinajstić information content (AvgIpc) is 2.44. The van der Waals surface area contributed by atoms with Gasteiger partial charge in [-0.3, -0.25) is 0 Å².